The minimum atomic E-state index is -0.0847. The van der Waals surface area contributed by atoms with Gasteiger partial charge in [0.05, 0.1) is 6.61 Å². The van der Waals surface area contributed by atoms with E-state index in [-0.39, 0.29) is 11.9 Å². The topological polar surface area (TPSA) is 72.3 Å². The molecule has 0 spiro atoms. The number of carbonyl (C=O) groups excluding carboxylic acids is 1. The van der Waals surface area contributed by atoms with Crippen molar-refractivity contribution in [2.45, 2.75) is 19.3 Å². The van der Waals surface area contributed by atoms with Crippen molar-refractivity contribution in [1.29, 1.82) is 0 Å². The average molecular weight is 365 g/mol. The molecular weight excluding hydrogens is 342 g/mol. The monoisotopic (exact) mass is 365 g/mol. The number of hydrogen-bond acceptors (Lipinski definition) is 4. The molecule has 1 fully saturated rings. The fraction of sp³-hybridized carbons (Fsp3) is 0.350. The molecule has 7 heteroatoms. The summed E-state index contributed by atoms with van der Waals surface area (Å²) in [5, 5.41) is 2.96. The molecule has 0 radical (unpaired) electrons. The highest BCUT2D eigenvalue weighted by atomic mass is 16.5. The van der Waals surface area contributed by atoms with E-state index in [2.05, 4.69) is 10.3 Å². The van der Waals surface area contributed by atoms with E-state index in [9.17, 15) is 4.79 Å². The summed E-state index contributed by atoms with van der Waals surface area (Å²) in [6.45, 7) is 3.93. The van der Waals surface area contributed by atoms with Gasteiger partial charge in [0.2, 0.25) is 0 Å². The number of likely N-dealkylation sites (tertiary alicyclic amines) is 1. The average Bonchev–Trinajstić information content (AvgIpc) is 3.29. The predicted molar refractivity (Wildman–Crippen MR) is 104 cm³/mol. The summed E-state index contributed by atoms with van der Waals surface area (Å²) in [7, 11) is 1.99. The van der Waals surface area contributed by atoms with Crippen LogP contribution in [0.15, 0.2) is 42.6 Å². The molecule has 2 aromatic heterocycles. The Labute approximate surface area is 158 Å². The number of aromatic nitrogens is 3. The van der Waals surface area contributed by atoms with Crippen molar-refractivity contribution in [1.82, 2.24) is 19.4 Å². The summed E-state index contributed by atoms with van der Waals surface area (Å²) < 4.78 is 7.46. The van der Waals surface area contributed by atoms with E-state index in [0.717, 1.165) is 34.8 Å². The molecule has 2 amide bonds. The molecule has 0 aliphatic carbocycles. The maximum Gasteiger partial charge on any atom is 0.321 e. The van der Waals surface area contributed by atoms with Gasteiger partial charge in [-0.05, 0) is 49.7 Å². The van der Waals surface area contributed by atoms with Crippen molar-refractivity contribution in [2.24, 2.45) is 7.05 Å². The van der Waals surface area contributed by atoms with Crippen LogP contribution in [0, 0.1) is 0 Å². The first kappa shape index (κ1) is 17.3. The molecule has 0 bridgehead atoms. The second-order valence-electron chi connectivity index (χ2n) is 6.69. The van der Waals surface area contributed by atoms with Crippen molar-refractivity contribution in [3.63, 3.8) is 0 Å². The van der Waals surface area contributed by atoms with Crippen molar-refractivity contribution in [3.05, 3.63) is 48.4 Å². The summed E-state index contributed by atoms with van der Waals surface area (Å²) in [6.07, 6.45) is 2.67. The van der Waals surface area contributed by atoms with E-state index in [1.807, 2.05) is 59.8 Å². The molecular formula is C20H23N5O2. The zero-order valence-corrected chi connectivity index (χ0v) is 15.6. The van der Waals surface area contributed by atoms with Gasteiger partial charge in [-0.1, -0.05) is 0 Å². The molecule has 0 unspecified atom stereocenters. The lowest BCUT2D eigenvalue weighted by atomic mass is 10.1. The van der Waals surface area contributed by atoms with Crippen LogP contribution in [0.25, 0.3) is 11.2 Å². The van der Waals surface area contributed by atoms with Gasteiger partial charge in [-0.3, -0.25) is 0 Å². The number of amides is 2. The van der Waals surface area contributed by atoms with Crippen molar-refractivity contribution in [2.75, 3.05) is 25.0 Å². The van der Waals surface area contributed by atoms with Gasteiger partial charge in [0.25, 0.3) is 0 Å². The highest BCUT2D eigenvalue weighted by molar-refractivity contribution is 5.89. The Kier molecular flexibility index (Phi) is 4.66. The molecule has 1 N–H and O–H groups in total. The van der Waals surface area contributed by atoms with Crippen LogP contribution in [-0.4, -0.2) is 45.2 Å². The Balaban J connectivity index is 1.42. The number of fused-ring (bicyclic) bond motifs is 1. The van der Waals surface area contributed by atoms with E-state index < -0.39 is 0 Å². The first-order chi connectivity index (χ1) is 13.2. The maximum atomic E-state index is 12.6. The molecule has 27 heavy (non-hydrogen) atoms. The third-order valence-corrected chi connectivity index (χ3v) is 4.92. The SMILES string of the molecule is CCOc1ccc(NC(=O)N2CC[C@H](c3nc4cccnc4n3C)C2)cc1. The number of urea groups is 1. The minimum Gasteiger partial charge on any atom is -0.494 e. The number of nitrogens with zero attached hydrogens (tertiary/aromatic N) is 4. The first-order valence-corrected chi connectivity index (χ1v) is 9.22. The van der Waals surface area contributed by atoms with Gasteiger partial charge in [-0.15, -0.1) is 0 Å². The van der Waals surface area contributed by atoms with Gasteiger partial charge in [0, 0.05) is 37.9 Å². The van der Waals surface area contributed by atoms with E-state index in [4.69, 9.17) is 9.72 Å². The van der Waals surface area contributed by atoms with Crippen LogP contribution in [0.1, 0.15) is 25.1 Å². The molecule has 1 aliphatic heterocycles. The van der Waals surface area contributed by atoms with E-state index in [1.54, 1.807) is 6.20 Å². The zero-order valence-electron chi connectivity index (χ0n) is 15.6. The van der Waals surface area contributed by atoms with Crippen LogP contribution in [0.3, 0.4) is 0 Å². The van der Waals surface area contributed by atoms with Crippen LogP contribution >= 0.6 is 0 Å². The Morgan fingerprint density at radius 2 is 2.11 bits per heavy atom. The third kappa shape index (κ3) is 3.45. The number of hydrogen-bond donors (Lipinski definition) is 1. The zero-order chi connectivity index (χ0) is 18.8. The predicted octanol–water partition coefficient (Wildman–Crippen LogP) is 3.39. The second-order valence-corrected chi connectivity index (χ2v) is 6.69. The van der Waals surface area contributed by atoms with Crippen LogP contribution in [0.2, 0.25) is 0 Å². The number of aryl methyl sites for hydroxylation is 1. The van der Waals surface area contributed by atoms with Crippen LogP contribution in [-0.2, 0) is 7.05 Å². The van der Waals surface area contributed by atoms with Gasteiger partial charge in [0.15, 0.2) is 5.65 Å². The first-order valence-electron chi connectivity index (χ1n) is 9.22. The number of pyridine rings is 1. The highest BCUT2D eigenvalue weighted by Gasteiger charge is 2.30. The summed E-state index contributed by atoms with van der Waals surface area (Å²) in [5.74, 6) is 2.00. The number of rotatable bonds is 4. The van der Waals surface area contributed by atoms with Crippen LogP contribution in [0.4, 0.5) is 10.5 Å². The Morgan fingerprint density at radius 1 is 1.30 bits per heavy atom. The van der Waals surface area contributed by atoms with Crippen molar-refractivity contribution in [3.8, 4) is 5.75 Å². The smallest absolute Gasteiger partial charge is 0.321 e. The normalized spacial score (nSPS) is 16.7. The van der Waals surface area contributed by atoms with Gasteiger partial charge in [-0.25, -0.2) is 14.8 Å². The molecule has 1 aliphatic rings. The number of ether oxygens (including phenoxy) is 1. The highest BCUT2D eigenvalue weighted by Crippen LogP contribution is 2.28. The second kappa shape index (κ2) is 7.26. The molecule has 3 heterocycles. The Hall–Kier alpha value is -3.09. The summed E-state index contributed by atoms with van der Waals surface area (Å²) in [4.78, 5) is 23.6. The summed E-state index contributed by atoms with van der Waals surface area (Å²) >= 11 is 0. The molecule has 140 valence electrons. The van der Waals surface area contributed by atoms with Gasteiger partial charge in [-0.2, -0.15) is 0 Å². The van der Waals surface area contributed by atoms with Gasteiger partial charge >= 0.3 is 6.03 Å². The molecule has 1 saturated heterocycles. The fourth-order valence-corrected chi connectivity index (χ4v) is 3.57. The number of anilines is 1. The standard InChI is InChI=1S/C20H23N5O2/c1-3-27-16-8-6-15(7-9-16)22-20(26)25-12-10-14(13-25)18-23-17-5-4-11-21-19(17)24(18)2/h4-9,11,14H,3,10,12-13H2,1-2H3,(H,22,26)/t14-/m0/s1. The molecule has 3 aromatic rings. The lowest BCUT2D eigenvalue weighted by Crippen LogP contribution is -2.32. The third-order valence-electron chi connectivity index (χ3n) is 4.92. The molecule has 1 aromatic carbocycles. The largest absolute Gasteiger partial charge is 0.494 e. The minimum absolute atomic E-state index is 0.0847. The number of benzene rings is 1. The molecule has 4 rings (SSSR count). The van der Waals surface area contributed by atoms with Crippen molar-refractivity contribution < 1.29 is 9.53 Å². The fourth-order valence-electron chi connectivity index (χ4n) is 3.57. The number of imidazole rings is 1. The van der Waals surface area contributed by atoms with Crippen molar-refractivity contribution >= 4 is 22.9 Å². The van der Waals surface area contributed by atoms with Gasteiger partial charge in [0.1, 0.15) is 17.1 Å². The number of carbonyl (C=O) groups is 1. The van der Waals surface area contributed by atoms with E-state index in [0.29, 0.717) is 19.7 Å². The van der Waals surface area contributed by atoms with Crippen LogP contribution in [0.5, 0.6) is 5.75 Å². The van der Waals surface area contributed by atoms with E-state index in [1.165, 1.54) is 0 Å². The van der Waals surface area contributed by atoms with Crippen LogP contribution < -0.4 is 10.1 Å². The maximum absolute atomic E-state index is 12.6. The molecule has 7 nitrogen and oxygen atoms in total. The summed E-state index contributed by atoms with van der Waals surface area (Å²) in [5.41, 5.74) is 2.54. The van der Waals surface area contributed by atoms with E-state index >= 15 is 0 Å². The summed E-state index contributed by atoms with van der Waals surface area (Å²) in [6, 6.07) is 11.2. The van der Waals surface area contributed by atoms with Gasteiger partial charge < -0.3 is 19.5 Å². The lowest BCUT2D eigenvalue weighted by Gasteiger charge is -2.17. The molecule has 0 saturated carbocycles. The Bertz CT molecular complexity index is 951. The quantitative estimate of drug-likeness (QED) is 0.769. The lowest BCUT2D eigenvalue weighted by molar-refractivity contribution is 0.222. The molecule has 1 atom stereocenters. The Morgan fingerprint density at radius 3 is 2.85 bits per heavy atom. The number of nitrogens with one attached hydrogen (secondary N) is 1.